The fourth-order valence-corrected chi connectivity index (χ4v) is 4.73. The Morgan fingerprint density at radius 1 is 0.972 bits per heavy atom. The highest BCUT2D eigenvalue weighted by Gasteiger charge is 2.21. The van der Waals surface area contributed by atoms with E-state index in [1.54, 1.807) is 12.1 Å². The van der Waals surface area contributed by atoms with E-state index in [0.717, 1.165) is 24.1 Å². The first-order valence-corrected chi connectivity index (χ1v) is 13.1. The molecule has 1 aliphatic heterocycles. The lowest BCUT2D eigenvalue weighted by molar-refractivity contribution is -0.131. The molecule has 1 fully saturated rings. The van der Waals surface area contributed by atoms with E-state index in [0.29, 0.717) is 60.0 Å². The molecule has 0 aliphatic carbocycles. The van der Waals surface area contributed by atoms with Crippen molar-refractivity contribution in [2.45, 2.75) is 45.6 Å². The van der Waals surface area contributed by atoms with E-state index in [1.165, 1.54) is 10.9 Å². The number of Topliss-reactive ketones (excluding diaryl/α,β-unsaturated/α-hetero) is 1. The molecular weight excluding hydrogens is 499 g/mol. The summed E-state index contributed by atoms with van der Waals surface area (Å²) in [7, 11) is 0. The molecule has 0 bridgehead atoms. The highest BCUT2D eigenvalue weighted by Crippen LogP contribution is 2.23. The molecule has 3 aromatic rings. The normalized spacial score (nSPS) is 13.9. The fourth-order valence-electron chi connectivity index (χ4n) is 4.40. The predicted molar refractivity (Wildman–Crippen MR) is 144 cm³/mol. The van der Waals surface area contributed by atoms with Crippen LogP contribution in [-0.2, 0) is 22.6 Å². The molecule has 36 heavy (non-hydrogen) atoms. The Hall–Kier alpha value is -2.90. The van der Waals surface area contributed by atoms with Crippen LogP contribution >= 0.6 is 23.2 Å². The lowest BCUT2D eigenvalue weighted by atomic mass is 10.1. The van der Waals surface area contributed by atoms with Gasteiger partial charge in [0.2, 0.25) is 5.91 Å². The molecule has 0 atom stereocenters. The smallest absolute Gasteiger partial charge is 0.261 e. The zero-order valence-electron chi connectivity index (χ0n) is 20.4. The van der Waals surface area contributed by atoms with Crippen LogP contribution in [0, 0.1) is 0 Å². The molecule has 1 aromatic heterocycles. The minimum Gasteiger partial charge on any atom is -0.368 e. The number of fused-ring (bicyclic) bond motifs is 1. The third-order valence-electron chi connectivity index (χ3n) is 6.57. The number of amides is 1. The topological polar surface area (TPSA) is 75.5 Å². The second-order valence-corrected chi connectivity index (χ2v) is 9.95. The number of piperazine rings is 1. The molecule has 9 heteroatoms. The molecule has 0 saturated carbocycles. The van der Waals surface area contributed by atoms with Gasteiger partial charge in [-0.2, -0.15) is 0 Å². The number of anilines is 1. The summed E-state index contributed by atoms with van der Waals surface area (Å²) in [5.74, 6) is 0.148. The van der Waals surface area contributed by atoms with Crippen molar-refractivity contribution in [3.8, 4) is 0 Å². The highest BCUT2D eigenvalue weighted by molar-refractivity contribution is 6.42. The van der Waals surface area contributed by atoms with E-state index in [-0.39, 0.29) is 30.2 Å². The molecule has 7 nitrogen and oxygen atoms in total. The first-order chi connectivity index (χ1) is 17.4. The zero-order chi connectivity index (χ0) is 25.7. The summed E-state index contributed by atoms with van der Waals surface area (Å²) < 4.78 is 1.37. The summed E-state index contributed by atoms with van der Waals surface area (Å²) in [5, 5.41) is 1.41. The number of hydrogen-bond acceptors (Lipinski definition) is 5. The number of aryl methyl sites for hydroxylation is 1. The molecule has 1 saturated heterocycles. The largest absolute Gasteiger partial charge is 0.368 e. The minimum atomic E-state index is -0.238. The number of ketones is 1. The third kappa shape index (κ3) is 6.26. The van der Waals surface area contributed by atoms with Gasteiger partial charge in [-0.3, -0.25) is 19.0 Å². The van der Waals surface area contributed by atoms with Gasteiger partial charge in [-0.05, 0) is 48.7 Å². The minimum absolute atomic E-state index is 0.0358. The summed E-state index contributed by atoms with van der Waals surface area (Å²) >= 11 is 12.0. The van der Waals surface area contributed by atoms with E-state index >= 15 is 0 Å². The van der Waals surface area contributed by atoms with Crippen molar-refractivity contribution in [2.75, 3.05) is 31.1 Å². The number of carbonyl (C=O) groups excluding carboxylic acids is 2. The van der Waals surface area contributed by atoms with Gasteiger partial charge in [-0.25, -0.2) is 4.98 Å². The predicted octanol–water partition coefficient (Wildman–Crippen LogP) is 4.74. The molecule has 2 aromatic carbocycles. The van der Waals surface area contributed by atoms with Gasteiger partial charge in [0.25, 0.3) is 5.56 Å². The van der Waals surface area contributed by atoms with Crippen LogP contribution in [0.3, 0.4) is 0 Å². The number of rotatable bonds is 9. The van der Waals surface area contributed by atoms with Crippen molar-refractivity contribution in [3.63, 3.8) is 0 Å². The van der Waals surface area contributed by atoms with Crippen LogP contribution < -0.4 is 10.5 Å². The molecule has 0 spiro atoms. The first-order valence-electron chi connectivity index (χ1n) is 12.3. The van der Waals surface area contributed by atoms with Gasteiger partial charge in [0, 0.05) is 44.7 Å². The summed E-state index contributed by atoms with van der Waals surface area (Å²) in [6.07, 6.45) is 4.76. The van der Waals surface area contributed by atoms with Gasteiger partial charge in [0.05, 0.1) is 33.8 Å². The molecule has 190 valence electrons. The fraction of sp³-hybridized carbons (Fsp3) is 0.407. The standard InChI is InChI=1S/C27H30Cl2N4O3/c1-2-3-4-26(35)32-13-11-31(12-14-32)20-7-10-25-22(16-20)27(36)33(18-30-25)17-21(34)8-5-19-6-9-23(28)24(29)15-19/h6-7,9-10,15-16,18H,2-5,8,11-14,17H2,1H3. The quantitative estimate of drug-likeness (QED) is 0.400. The first kappa shape index (κ1) is 26.2. The van der Waals surface area contributed by atoms with Gasteiger partial charge >= 0.3 is 0 Å². The number of nitrogens with zero attached hydrogens (tertiary/aromatic N) is 4. The molecular formula is C27H30Cl2N4O3. The Labute approximate surface area is 220 Å². The Kier molecular flexibility index (Phi) is 8.64. The van der Waals surface area contributed by atoms with Crippen LogP contribution in [0.2, 0.25) is 10.0 Å². The van der Waals surface area contributed by atoms with Gasteiger partial charge in [0.1, 0.15) is 0 Å². The highest BCUT2D eigenvalue weighted by atomic mass is 35.5. The molecule has 2 heterocycles. The monoisotopic (exact) mass is 528 g/mol. The van der Waals surface area contributed by atoms with E-state index in [9.17, 15) is 14.4 Å². The summed E-state index contributed by atoms with van der Waals surface area (Å²) in [4.78, 5) is 46.6. The Morgan fingerprint density at radius 3 is 2.47 bits per heavy atom. The van der Waals surface area contributed by atoms with E-state index in [1.807, 2.05) is 29.2 Å². The molecule has 0 radical (unpaired) electrons. The van der Waals surface area contributed by atoms with Crippen LogP contribution in [-0.4, -0.2) is 52.3 Å². The molecule has 1 amide bonds. The lowest BCUT2D eigenvalue weighted by Gasteiger charge is -2.36. The Bertz CT molecular complexity index is 1320. The van der Waals surface area contributed by atoms with Crippen LogP contribution in [0.15, 0.2) is 47.5 Å². The zero-order valence-corrected chi connectivity index (χ0v) is 21.9. The second-order valence-electron chi connectivity index (χ2n) is 9.14. The van der Waals surface area contributed by atoms with Gasteiger partial charge in [-0.15, -0.1) is 0 Å². The summed E-state index contributed by atoms with van der Waals surface area (Å²) in [6, 6.07) is 10.9. The van der Waals surface area contributed by atoms with E-state index < -0.39 is 0 Å². The molecule has 4 rings (SSSR count). The number of aromatic nitrogens is 2. The van der Waals surface area contributed by atoms with Crippen LogP contribution in [0.4, 0.5) is 5.69 Å². The van der Waals surface area contributed by atoms with Crippen LogP contribution in [0.25, 0.3) is 10.9 Å². The SMILES string of the molecule is CCCCC(=O)N1CCN(c2ccc3ncn(CC(=O)CCc4ccc(Cl)c(Cl)c4)c(=O)c3c2)CC1. The van der Waals surface area contributed by atoms with Crippen molar-refractivity contribution in [3.05, 3.63) is 68.7 Å². The van der Waals surface area contributed by atoms with Crippen molar-refractivity contribution in [2.24, 2.45) is 0 Å². The average Bonchev–Trinajstić information content (AvgIpc) is 2.89. The Balaban J connectivity index is 1.41. The summed E-state index contributed by atoms with van der Waals surface area (Å²) in [5.41, 5.74) is 2.19. The number of carbonyl (C=O) groups is 2. The second kappa shape index (κ2) is 11.9. The maximum atomic E-state index is 13.2. The van der Waals surface area contributed by atoms with Crippen molar-refractivity contribution >= 4 is 51.5 Å². The van der Waals surface area contributed by atoms with Crippen LogP contribution in [0.5, 0.6) is 0 Å². The maximum absolute atomic E-state index is 13.2. The van der Waals surface area contributed by atoms with Gasteiger partial charge in [0.15, 0.2) is 5.78 Å². The molecule has 0 unspecified atom stereocenters. The lowest BCUT2D eigenvalue weighted by Crippen LogP contribution is -2.48. The van der Waals surface area contributed by atoms with Crippen molar-refractivity contribution in [1.82, 2.24) is 14.5 Å². The van der Waals surface area contributed by atoms with Crippen molar-refractivity contribution in [1.29, 1.82) is 0 Å². The summed E-state index contributed by atoms with van der Waals surface area (Å²) in [6.45, 7) is 4.82. The number of unbranched alkanes of at least 4 members (excludes halogenated alkanes) is 1. The number of halogens is 2. The Morgan fingerprint density at radius 2 is 1.75 bits per heavy atom. The van der Waals surface area contributed by atoms with Crippen LogP contribution in [0.1, 0.15) is 38.2 Å². The molecule has 1 aliphatic rings. The number of hydrogen-bond donors (Lipinski definition) is 0. The molecule has 0 N–H and O–H groups in total. The van der Waals surface area contributed by atoms with Gasteiger partial charge < -0.3 is 9.80 Å². The van der Waals surface area contributed by atoms with Crippen molar-refractivity contribution < 1.29 is 9.59 Å². The number of benzene rings is 2. The third-order valence-corrected chi connectivity index (χ3v) is 7.31. The maximum Gasteiger partial charge on any atom is 0.261 e. The average molecular weight is 529 g/mol. The van der Waals surface area contributed by atoms with Gasteiger partial charge in [-0.1, -0.05) is 42.6 Å². The van der Waals surface area contributed by atoms with E-state index in [2.05, 4.69) is 16.8 Å². The van der Waals surface area contributed by atoms with E-state index in [4.69, 9.17) is 23.2 Å².